The van der Waals surface area contributed by atoms with E-state index in [-0.39, 0.29) is 5.91 Å². The van der Waals surface area contributed by atoms with E-state index >= 15 is 0 Å². The van der Waals surface area contributed by atoms with Gasteiger partial charge in [0.25, 0.3) is 0 Å². The van der Waals surface area contributed by atoms with E-state index in [1.54, 1.807) is 6.20 Å². The van der Waals surface area contributed by atoms with E-state index in [1.165, 1.54) is 0 Å². The maximum atomic E-state index is 12.0. The van der Waals surface area contributed by atoms with Gasteiger partial charge in [0.15, 0.2) is 0 Å². The SMILES string of the molecule is CCOC1CC(CC(=O)NCc2nccc3ccccc23)C1. The first-order valence-corrected chi connectivity index (χ1v) is 7.97. The zero-order valence-corrected chi connectivity index (χ0v) is 12.9. The lowest BCUT2D eigenvalue weighted by molar-refractivity contribution is -0.124. The normalized spacial score (nSPS) is 20.6. The van der Waals surface area contributed by atoms with E-state index < -0.39 is 0 Å². The fourth-order valence-corrected chi connectivity index (χ4v) is 3.05. The Kier molecular flexibility index (Phi) is 4.68. The quantitative estimate of drug-likeness (QED) is 0.891. The fraction of sp³-hybridized carbons (Fsp3) is 0.444. The van der Waals surface area contributed by atoms with Crippen LogP contribution in [0.25, 0.3) is 10.8 Å². The molecular formula is C18H22N2O2. The molecule has 2 aromatic rings. The Morgan fingerprint density at radius 1 is 1.32 bits per heavy atom. The number of fused-ring (bicyclic) bond motifs is 1. The fourth-order valence-electron chi connectivity index (χ4n) is 3.05. The van der Waals surface area contributed by atoms with Crippen molar-refractivity contribution in [2.24, 2.45) is 5.92 Å². The van der Waals surface area contributed by atoms with Crippen LogP contribution in [0.1, 0.15) is 31.9 Å². The van der Waals surface area contributed by atoms with Gasteiger partial charge in [-0.1, -0.05) is 24.3 Å². The molecule has 3 rings (SSSR count). The Morgan fingerprint density at radius 2 is 2.14 bits per heavy atom. The Balaban J connectivity index is 1.51. The third kappa shape index (κ3) is 3.45. The average molecular weight is 298 g/mol. The highest BCUT2D eigenvalue weighted by atomic mass is 16.5. The molecule has 1 aliphatic carbocycles. The molecule has 0 saturated heterocycles. The van der Waals surface area contributed by atoms with Gasteiger partial charge < -0.3 is 10.1 Å². The molecule has 1 aromatic carbocycles. The molecule has 4 nitrogen and oxygen atoms in total. The Labute approximate surface area is 130 Å². The molecule has 1 saturated carbocycles. The van der Waals surface area contributed by atoms with Gasteiger partial charge in [-0.25, -0.2) is 0 Å². The van der Waals surface area contributed by atoms with Gasteiger partial charge in [-0.2, -0.15) is 0 Å². The van der Waals surface area contributed by atoms with Gasteiger partial charge in [0.2, 0.25) is 5.91 Å². The summed E-state index contributed by atoms with van der Waals surface area (Å²) in [5.41, 5.74) is 0.923. The van der Waals surface area contributed by atoms with Gasteiger partial charge >= 0.3 is 0 Å². The van der Waals surface area contributed by atoms with E-state index in [2.05, 4.69) is 16.4 Å². The summed E-state index contributed by atoms with van der Waals surface area (Å²) in [6.07, 6.45) is 4.76. The standard InChI is InChI=1S/C18H22N2O2/c1-2-22-15-9-13(10-15)11-18(21)20-12-17-16-6-4-3-5-14(16)7-8-19-17/h3-8,13,15H,2,9-12H2,1H3,(H,20,21). The second-order valence-corrected chi connectivity index (χ2v) is 5.87. The molecule has 4 heteroatoms. The van der Waals surface area contributed by atoms with E-state index in [9.17, 15) is 4.79 Å². The summed E-state index contributed by atoms with van der Waals surface area (Å²) in [5.74, 6) is 0.576. The molecule has 116 valence electrons. The van der Waals surface area contributed by atoms with Crippen LogP contribution in [0.4, 0.5) is 0 Å². The highest BCUT2D eigenvalue weighted by molar-refractivity contribution is 5.84. The van der Waals surface area contributed by atoms with Crippen LogP contribution in [0.15, 0.2) is 36.5 Å². The molecule has 0 radical (unpaired) electrons. The summed E-state index contributed by atoms with van der Waals surface area (Å²) >= 11 is 0. The number of aromatic nitrogens is 1. The van der Waals surface area contributed by atoms with Crippen LogP contribution in [0.5, 0.6) is 0 Å². The summed E-state index contributed by atoms with van der Waals surface area (Å²) < 4.78 is 5.53. The number of hydrogen-bond acceptors (Lipinski definition) is 3. The molecule has 1 aromatic heterocycles. The summed E-state index contributed by atoms with van der Waals surface area (Å²) in [6, 6.07) is 10.1. The molecular weight excluding hydrogens is 276 g/mol. The van der Waals surface area contributed by atoms with Crippen LogP contribution in [0.3, 0.4) is 0 Å². The van der Waals surface area contributed by atoms with Crippen molar-refractivity contribution in [3.63, 3.8) is 0 Å². The van der Waals surface area contributed by atoms with Crippen molar-refractivity contribution in [3.8, 4) is 0 Å². The van der Waals surface area contributed by atoms with Crippen LogP contribution < -0.4 is 5.32 Å². The largest absolute Gasteiger partial charge is 0.378 e. The van der Waals surface area contributed by atoms with Crippen molar-refractivity contribution in [1.29, 1.82) is 0 Å². The number of ether oxygens (including phenoxy) is 1. The average Bonchev–Trinajstić information content (AvgIpc) is 2.51. The van der Waals surface area contributed by atoms with Crippen LogP contribution in [0, 0.1) is 5.92 Å². The smallest absolute Gasteiger partial charge is 0.220 e. The molecule has 1 aliphatic rings. The van der Waals surface area contributed by atoms with Crippen molar-refractivity contribution in [2.75, 3.05) is 6.61 Å². The lowest BCUT2D eigenvalue weighted by atomic mass is 9.80. The van der Waals surface area contributed by atoms with E-state index in [0.717, 1.165) is 35.9 Å². The maximum Gasteiger partial charge on any atom is 0.220 e. The minimum Gasteiger partial charge on any atom is -0.378 e. The minimum atomic E-state index is 0.106. The second kappa shape index (κ2) is 6.88. The number of carbonyl (C=O) groups excluding carboxylic acids is 1. The highest BCUT2D eigenvalue weighted by Crippen LogP contribution is 2.32. The van der Waals surface area contributed by atoms with E-state index in [1.807, 2.05) is 31.2 Å². The van der Waals surface area contributed by atoms with Crippen molar-refractivity contribution >= 4 is 16.7 Å². The third-order valence-electron chi connectivity index (χ3n) is 4.28. The minimum absolute atomic E-state index is 0.106. The molecule has 0 spiro atoms. The van der Waals surface area contributed by atoms with Crippen molar-refractivity contribution in [2.45, 2.75) is 38.8 Å². The van der Waals surface area contributed by atoms with Gasteiger partial charge in [0.05, 0.1) is 18.3 Å². The zero-order chi connectivity index (χ0) is 15.4. The molecule has 0 aliphatic heterocycles. The van der Waals surface area contributed by atoms with E-state index in [0.29, 0.717) is 25.0 Å². The van der Waals surface area contributed by atoms with Crippen molar-refractivity contribution in [3.05, 3.63) is 42.2 Å². The van der Waals surface area contributed by atoms with Crippen molar-refractivity contribution in [1.82, 2.24) is 10.3 Å². The summed E-state index contributed by atoms with van der Waals surface area (Å²) in [5, 5.41) is 5.25. The van der Waals surface area contributed by atoms with Gasteiger partial charge in [-0.3, -0.25) is 9.78 Å². The Morgan fingerprint density at radius 3 is 2.95 bits per heavy atom. The summed E-state index contributed by atoms with van der Waals surface area (Å²) in [6.45, 7) is 3.26. The molecule has 0 atom stereocenters. The first kappa shape index (κ1) is 15.0. The molecule has 22 heavy (non-hydrogen) atoms. The summed E-state index contributed by atoms with van der Waals surface area (Å²) in [7, 11) is 0. The predicted octanol–water partition coefficient (Wildman–Crippen LogP) is 3.06. The number of nitrogens with one attached hydrogen (secondary N) is 1. The van der Waals surface area contributed by atoms with Crippen LogP contribution in [-0.4, -0.2) is 23.6 Å². The predicted molar refractivity (Wildman–Crippen MR) is 86.3 cm³/mol. The third-order valence-corrected chi connectivity index (χ3v) is 4.28. The topological polar surface area (TPSA) is 51.2 Å². The first-order chi connectivity index (χ1) is 10.8. The zero-order valence-electron chi connectivity index (χ0n) is 12.9. The van der Waals surface area contributed by atoms with Crippen LogP contribution in [0.2, 0.25) is 0 Å². The lowest BCUT2D eigenvalue weighted by Crippen LogP contribution is -2.35. The van der Waals surface area contributed by atoms with Gasteiger partial charge in [0, 0.05) is 24.6 Å². The molecule has 1 amide bonds. The highest BCUT2D eigenvalue weighted by Gasteiger charge is 2.30. The first-order valence-electron chi connectivity index (χ1n) is 7.97. The lowest BCUT2D eigenvalue weighted by Gasteiger charge is -2.34. The monoisotopic (exact) mass is 298 g/mol. The van der Waals surface area contributed by atoms with Gasteiger partial charge in [-0.15, -0.1) is 0 Å². The molecule has 0 bridgehead atoms. The number of carbonyl (C=O) groups is 1. The maximum absolute atomic E-state index is 12.0. The van der Waals surface area contributed by atoms with Gasteiger partial charge in [0.1, 0.15) is 0 Å². The molecule has 1 heterocycles. The molecule has 1 N–H and O–H groups in total. The number of pyridine rings is 1. The Hall–Kier alpha value is -1.94. The second-order valence-electron chi connectivity index (χ2n) is 5.87. The van der Waals surface area contributed by atoms with Gasteiger partial charge in [-0.05, 0) is 37.1 Å². The number of amides is 1. The number of benzene rings is 1. The number of hydrogen-bond donors (Lipinski definition) is 1. The van der Waals surface area contributed by atoms with Crippen LogP contribution >= 0.6 is 0 Å². The number of rotatable bonds is 6. The summed E-state index contributed by atoms with van der Waals surface area (Å²) in [4.78, 5) is 16.4. The van der Waals surface area contributed by atoms with Crippen LogP contribution in [-0.2, 0) is 16.1 Å². The molecule has 0 unspecified atom stereocenters. The van der Waals surface area contributed by atoms with E-state index in [4.69, 9.17) is 4.74 Å². The van der Waals surface area contributed by atoms with Crippen molar-refractivity contribution < 1.29 is 9.53 Å². The Bertz CT molecular complexity index is 645. The molecule has 1 fully saturated rings. The number of nitrogens with zero attached hydrogens (tertiary/aromatic N) is 1.